The van der Waals surface area contributed by atoms with E-state index < -0.39 is 60.2 Å². The van der Waals surface area contributed by atoms with Crippen LogP contribution in [0.5, 0.6) is 0 Å². The summed E-state index contributed by atoms with van der Waals surface area (Å²) in [5.41, 5.74) is 0. The van der Waals surface area contributed by atoms with Crippen molar-refractivity contribution in [2.24, 2.45) is 0 Å². The molecule has 0 aromatic heterocycles. The fourth-order valence-electron chi connectivity index (χ4n) is 6.45. The Hall–Kier alpha value is -3.56. The van der Waals surface area contributed by atoms with Crippen molar-refractivity contribution in [1.82, 2.24) is 0 Å². The Bertz CT molecular complexity index is 1670. The van der Waals surface area contributed by atoms with Gasteiger partial charge >= 0.3 is 303 Å². The van der Waals surface area contributed by atoms with Crippen molar-refractivity contribution in [2.45, 2.75) is 0 Å². The monoisotopic (exact) mass is 906 g/mol. The van der Waals surface area contributed by atoms with Gasteiger partial charge in [-0.25, -0.2) is 0 Å². The minimum absolute atomic E-state index is 0.439. The number of rotatable bonds is 12. The molecule has 0 aliphatic carbocycles. The van der Waals surface area contributed by atoms with E-state index in [9.17, 15) is 9.59 Å². The Morgan fingerprint density at radius 2 is 0.551 bits per heavy atom. The van der Waals surface area contributed by atoms with Crippen molar-refractivity contribution < 1.29 is 16.9 Å². The van der Waals surface area contributed by atoms with Crippen LogP contribution in [0.25, 0.3) is 0 Å². The first-order chi connectivity index (χ1) is 23.9. The first kappa shape index (κ1) is 35.3. The second kappa shape index (κ2) is 14.7. The van der Waals surface area contributed by atoms with E-state index in [1.165, 1.54) is 0 Å². The van der Waals surface area contributed by atoms with Gasteiger partial charge < -0.3 is 0 Å². The topological polar surface area (TPSA) is 61.8 Å². The Morgan fingerprint density at radius 1 is 0.367 bits per heavy atom. The Balaban J connectivity index is 1.98. The average Bonchev–Trinajstić information content (AvgIpc) is 3.19. The molecule has 248 valence electrons. The van der Waals surface area contributed by atoms with Gasteiger partial charge in [0.1, 0.15) is 0 Å². The zero-order valence-corrected chi connectivity index (χ0v) is 33.0. The van der Waals surface area contributed by atoms with Gasteiger partial charge in [0, 0.05) is 0 Å². The zero-order valence-electron chi connectivity index (χ0n) is 26.4. The molecule has 6 aromatic rings. The molecule has 0 unspecified atom stereocenters. The molecular formula is C40H34Cl2O5Sb2. The van der Waals surface area contributed by atoms with Crippen molar-refractivity contribution in [3.8, 4) is 0 Å². The second-order valence-corrected chi connectivity index (χ2v) is 36.1. The van der Waals surface area contributed by atoms with E-state index in [2.05, 4.69) is 0 Å². The Kier molecular flexibility index (Phi) is 10.6. The van der Waals surface area contributed by atoms with Gasteiger partial charge in [-0.05, 0) is 0 Å². The van der Waals surface area contributed by atoms with Gasteiger partial charge in [0.2, 0.25) is 0 Å². The third-order valence-electron chi connectivity index (χ3n) is 8.43. The molecule has 0 atom stereocenters. The predicted molar refractivity (Wildman–Crippen MR) is 203 cm³/mol. The zero-order chi connectivity index (χ0) is 34.3. The quantitative estimate of drug-likeness (QED) is 0.131. The molecule has 49 heavy (non-hydrogen) atoms. The number of hydrogen-bond acceptors (Lipinski definition) is 5. The van der Waals surface area contributed by atoms with Crippen molar-refractivity contribution >= 4 is 92.7 Å². The summed E-state index contributed by atoms with van der Waals surface area (Å²) in [6.07, 6.45) is 0. The van der Waals surface area contributed by atoms with Gasteiger partial charge in [-0.1, -0.05) is 0 Å². The molecule has 0 bridgehead atoms. The second-order valence-electron chi connectivity index (χ2n) is 11.2. The number of hydrogen-bond donors (Lipinski definition) is 0. The number of alkyl halides is 2. The molecule has 0 aliphatic rings. The molecule has 9 heteroatoms. The molecule has 5 nitrogen and oxygen atoms in total. The molecule has 0 fully saturated rings. The summed E-state index contributed by atoms with van der Waals surface area (Å²) >= 11 is -0.136. The summed E-state index contributed by atoms with van der Waals surface area (Å²) < 4.78 is 26.6. The van der Waals surface area contributed by atoms with E-state index in [1.807, 2.05) is 182 Å². The molecule has 6 aromatic carbocycles. The van der Waals surface area contributed by atoms with Crippen LogP contribution in [0.4, 0.5) is 0 Å². The van der Waals surface area contributed by atoms with E-state index in [1.54, 1.807) is 0 Å². The van der Waals surface area contributed by atoms with E-state index >= 15 is 0 Å². The van der Waals surface area contributed by atoms with Crippen LogP contribution in [-0.4, -0.2) is 60.2 Å². The van der Waals surface area contributed by atoms with Crippen molar-refractivity contribution in [3.63, 3.8) is 0 Å². The first-order valence-electron chi connectivity index (χ1n) is 15.6. The fourth-order valence-corrected chi connectivity index (χ4v) is 55.7. The summed E-state index contributed by atoms with van der Waals surface area (Å²) in [6.45, 7) is 0. The third-order valence-corrected chi connectivity index (χ3v) is 46.9. The maximum absolute atomic E-state index is 14.1. The van der Waals surface area contributed by atoms with Crippen LogP contribution >= 0.6 is 23.2 Å². The molecule has 6 rings (SSSR count). The predicted octanol–water partition coefficient (Wildman–Crippen LogP) is 4.80. The van der Waals surface area contributed by atoms with Crippen LogP contribution in [0.2, 0.25) is 0 Å². The standard InChI is InChI=1S/6C6H5.2C2H3ClO2.O.2Sb/c6*1-2-4-6-5-3-1;2*3-1-2(4)5;;;/h6*1-5H;2*1H2,(H,4,5);;;/q;;;;;;;;;2*+1/p-2. The average molecular weight is 909 g/mol. The molecule has 0 heterocycles. The summed E-state index contributed by atoms with van der Waals surface area (Å²) in [4.78, 5) is 28.3. The van der Waals surface area contributed by atoms with Gasteiger partial charge in [0.05, 0.1) is 0 Å². The first-order valence-corrected chi connectivity index (χ1v) is 28.5. The van der Waals surface area contributed by atoms with Crippen molar-refractivity contribution in [2.75, 3.05) is 11.8 Å². The van der Waals surface area contributed by atoms with Crippen LogP contribution in [0, 0.1) is 0 Å². The molecular weight excluding hydrogens is 875 g/mol. The summed E-state index contributed by atoms with van der Waals surface area (Å²) in [5, 5.41) is 0. The van der Waals surface area contributed by atoms with Gasteiger partial charge in [-0.3, -0.25) is 0 Å². The van der Waals surface area contributed by atoms with Gasteiger partial charge in [-0.2, -0.15) is 0 Å². The number of halogens is 2. The fraction of sp³-hybridized carbons (Fsp3) is 0.0500. The van der Waals surface area contributed by atoms with E-state index in [-0.39, 0.29) is 0 Å². The van der Waals surface area contributed by atoms with E-state index in [4.69, 9.17) is 30.5 Å². The van der Waals surface area contributed by atoms with Crippen LogP contribution < -0.4 is 21.1 Å². The van der Waals surface area contributed by atoms with Gasteiger partial charge in [0.25, 0.3) is 0 Å². The molecule has 0 saturated heterocycles. The van der Waals surface area contributed by atoms with E-state index in [0.29, 0.717) is 21.1 Å². The van der Waals surface area contributed by atoms with E-state index in [0.717, 1.165) is 0 Å². The van der Waals surface area contributed by atoms with Crippen LogP contribution in [-0.2, 0) is 16.9 Å². The van der Waals surface area contributed by atoms with Gasteiger partial charge in [0.15, 0.2) is 0 Å². The molecule has 0 N–H and O–H groups in total. The van der Waals surface area contributed by atoms with Crippen LogP contribution in [0.3, 0.4) is 0 Å². The third kappa shape index (κ3) is 5.90. The maximum atomic E-state index is 14.1. The molecule has 0 saturated carbocycles. The summed E-state index contributed by atoms with van der Waals surface area (Å²) in [5.74, 6) is -2.23. The van der Waals surface area contributed by atoms with Crippen LogP contribution in [0.15, 0.2) is 182 Å². The number of benzene rings is 6. The Morgan fingerprint density at radius 3 is 0.714 bits per heavy atom. The molecule has 0 radical (unpaired) electrons. The summed E-state index contributed by atoms with van der Waals surface area (Å²) in [7, 11) is 0. The van der Waals surface area contributed by atoms with Crippen LogP contribution in [0.1, 0.15) is 0 Å². The Labute approximate surface area is 300 Å². The molecule has 0 amide bonds. The van der Waals surface area contributed by atoms with Crippen molar-refractivity contribution in [1.29, 1.82) is 0 Å². The number of carbonyl (C=O) groups is 2. The number of carbonyl (C=O) groups excluding carboxylic acids is 2. The summed E-state index contributed by atoms with van der Waals surface area (Å²) in [6, 6.07) is 57.3. The molecule has 0 aliphatic heterocycles. The normalized spacial score (nSPS) is 13.2. The minimum atomic E-state index is -6.43. The SMILES string of the molecule is O=C(CCl)[O][Sb]([O][Sb]([O]C(=O)CCl)([c]1ccccc1)([c]1ccccc1)[c]1ccccc1)([c]1ccccc1)([c]1ccccc1)[c]1ccccc1. The molecule has 0 spiro atoms. The van der Waals surface area contributed by atoms with Gasteiger partial charge in [-0.15, -0.1) is 0 Å². The van der Waals surface area contributed by atoms with Crippen molar-refractivity contribution in [3.05, 3.63) is 182 Å².